The van der Waals surface area contributed by atoms with Gasteiger partial charge in [0.25, 0.3) is 0 Å². The number of aryl methyl sites for hydroxylation is 2. The van der Waals surface area contributed by atoms with Crippen molar-refractivity contribution in [2.75, 3.05) is 6.79 Å². The minimum Gasteiger partial charge on any atom is -0.454 e. The largest absolute Gasteiger partial charge is 0.454 e. The van der Waals surface area contributed by atoms with Crippen LogP contribution < -0.4 is 9.47 Å². The van der Waals surface area contributed by atoms with Gasteiger partial charge in [0.1, 0.15) is 0 Å². The van der Waals surface area contributed by atoms with Gasteiger partial charge in [-0.15, -0.1) is 0 Å². The van der Waals surface area contributed by atoms with E-state index in [2.05, 4.69) is 0 Å². The molecule has 5 heteroatoms. The Labute approximate surface area is 168 Å². The highest BCUT2D eigenvalue weighted by molar-refractivity contribution is 6.02. The van der Waals surface area contributed by atoms with E-state index in [1.54, 1.807) is 42.5 Å². The molecule has 0 spiro atoms. The molecule has 1 atom stereocenters. The lowest BCUT2D eigenvalue weighted by molar-refractivity contribution is 0.0279. The number of fused-ring (bicyclic) bond motifs is 1. The minimum atomic E-state index is -1.05. The summed E-state index contributed by atoms with van der Waals surface area (Å²) >= 11 is 0. The summed E-state index contributed by atoms with van der Waals surface area (Å²) in [6.07, 6.45) is -1.05. The van der Waals surface area contributed by atoms with Gasteiger partial charge in [-0.2, -0.15) is 0 Å². The number of hydrogen-bond acceptors (Lipinski definition) is 5. The van der Waals surface area contributed by atoms with Gasteiger partial charge in [-0.3, -0.25) is 4.79 Å². The van der Waals surface area contributed by atoms with E-state index < -0.39 is 12.1 Å². The van der Waals surface area contributed by atoms with E-state index in [9.17, 15) is 9.59 Å². The maximum atomic E-state index is 13.2. The van der Waals surface area contributed by atoms with Crippen LogP contribution in [0.4, 0.5) is 0 Å². The fraction of sp³-hybridized carbons (Fsp3) is 0.167. The lowest BCUT2D eigenvalue weighted by atomic mass is 9.98. The molecule has 0 fully saturated rings. The number of carbonyl (C=O) groups excluding carboxylic acids is 2. The standard InChI is InChI=1S/C24H20O5/c1-15-3-7-17(8-4-15)22(25)23(18-9-5-16(2)6-10-18)29-24(26)19-11-12-20-21(13-19)28-14-27-20/h3-13,23H,14H2,1-2H3. The average molecular weight is 388 g/mol. The van der Waals surface area contributed by atoms with Gasteiger partial charge in [0, 0.05) is 11.1 Å². The summed E-state index contributed by atoms with van der Waals surface area (Å²) < 4.78 is 16.3. The van der Waals surface area contributed by atoms with Gasteiger partial charge >= 0.3 is 5.97 Å². The Kier molecular flexibility index (Phi) is 5.04. The molecule has 0 saturated carbocycles. The van der Waals surface area contributed by atoms with E-state index in [4.69, 9.17) is 14.2 Å². The van der Waals surface area contributed by atoms with Crippen LogP contribution in [0.2, 0.25) is 0 Å². The lowest BCUT2D eigenvalue weighted by Crippen LogP contribution is -2.20. The second-order valence-corrected chi connectivity index (χ2v) is 6.99. The predicted molar refractivity (Wildman–Crippen MR) is 107 cm³/mol. The number of rotatable bonds is 5. The predicted octanol–water partition coefficient (Wildman–Crippen LogP) is 4.81. The van der Waals surface area contributed by atoms with Crippen molar-refractivity contribution < 1.29 is 23.8 Å². The number of carbonyl (C=O) groups is 2. The highest BCUT2D eigenvalue weighted by atomic mass is 16.7. The number of esters is 1. The SMILES string of the molecule is Cc1ccc(C(=O)C(OC(=O)c2ccc3c(c2)OCO3)c2ccc(C)cc2)cc1. The highest BCUT2D eigenvalue weighted by Crippen LogP contribution is 2.33. The van der Waals surface area contributed by atoms with Crippen LogP contribution in [-0.4, -0.2) is 18.5 Å². The Morgan fingerprint density at radius 1 is 0.793 bits per heavy atom. The first-order chi connectivity index (χ1) is 14.0. The van der Waals surface area contributed by atoms with Crippen molar-refractivity contribution in [1.82, 2.24) is 0 Å². The average Bonchev–Trinajstić information content (AvgIpc) is 3.20. The van der Waals surface area contributed by atoms with Crippen LogP contribution in [0.1, 0.15) is 43.5 Å². The smallest absolute Gasteiger partial charge is 0.339 e. The molecule has 4 rings (SSSR count). The summed E-state index contributed by atoms with van der Waals surface area (Å²) in [7, 11) is 0. The number of ether oxygens (including phenoxy) is 3. The van der Waals surface area contributed by atoms with Crippen molar-refractivity contribution in [3.05, 3.63) is 94.5 Å². The Balaban J connectivity index is 1.64. The Bertz CT molecular complexity index is 1050. The molecule has 5 nitrogen and oxygen atoms in total. The van der Waals surface area contributed by atoms with Crippen molar-refractivity contribution in [3.8, 4) is 11.5 Å². The molecule has 0 saturated heterocycles. The normalized spacial score (nSPS) is 13.0. The molecule has 0 aromatic heterocycles. The summed E-state index contributed by atoms with van der Waals surface area (Å²) in [6, 6.07) is 19.4. The minimum absolute atomic E-state index is 0.117. The van der Waals surface area contributed by atoms with Crippen LogP contribution in [0.3, 0.4) is 0 Å². The maximum absolute atomic E-state index is 13.2. The summed E-state index contributed by atoms with van der Waals surface area (Å²) in [5.41, 5.74) is 3.50. The topological polar surface area (TPSA) is 61.8 Å². The molecule has 1 aliphatic heterocycles. The van der Waals surface area contributed by atoms with E-state index >= 15 is 0 Å². The van der Waals surface area contributed by atoms with Crippen LogP contribution in [0.25, 0.3) is 0 Å². The van der Waals surface area contributed by atoms with Gasteiger partial charge in [0.15, 0.2) is 17.6 Å². The van der Waals surface area contributed by atoms with Gasteiger partial charge in [0.05, 0.1) is 5.56 Å². The van der Waals surface area contributed by atoms with Gasteiger partial charge in [-0.05, 0) is 32.0 Å². The van der Waals surface area contributed by atoms with E-state index in [1.807, 2.05) is 38.1 Å². The maximum Gasteiger partial charge on any atom is 0.339 e. The van der Waals surface area contributed by atoms with Gasteiger partial charge in [0.2, 0.25) is 12.6 Å². The lowest BCUT2D eigenvalue weighted by Gasteiger charge is -2.18. The number of benzene rings is 3. The van der Waals surface area contributed by atoms with Crippen LogP contribution in [0.15, 0.2) is 66.7 Å². The quantitative estimate of drug-likeness (QED) is 0.463. The molecule has 0 radical (unpaired) electrons. The highest BCUT2D eigenvalue weighted by Gasteiger charge is 2.27. The van der Waals surface area contributed by atoms with Crippen molar-refractivity contribution >= 4 is 11.8 Å². The van der Waals surface area contributed by atoms with Crippen LogP contribution in [0, 0.1) is 13.8 Å². The third-order valence-corrected chi connectivity index (χ3v) is 4.79. The molecule has 29 heavy (non-hydrogen) atoms. The van der Waals surface area contributed by atoms with E-state index in [1.165, 1.54) is 0 Å². The number of ketones is 1. The Morgan fingerprint density at radius 2 is 1.38 bits per heavy atom. The Morgan fingerprint density at radius 3 is 2.07 bits per heavy atom. The zero-order valence-corrected chi connectivity index (χ0v) is 16.2. The first-order valence-corrected chi connectivity index (χ1v) is 9.29. The molecule has 3 aromatic rings. The van der Waals surface area contributed by atoms with Gasteiger partial charge in [-0.1, -0.05) is 59.7 Å². The first-order valence-electron chi connectivity index (χ1n) is 9.29. The third-order valence-electron chi connectivity index (χ3n) is 4.79. The molecule has 0 amide bonds. The first kappa shape index (κ1) is 18.7. The summed E-state index contributed by atoms with van der Waals surface area (Å²) in [6.45, 7) is 4.02. The summed E-state index contributed by atoms with van der Waals surface area (Å²) in [4.78, 5) is 26.0. The fourth-order valence-corrected chi connectivity index (χ4v) is 3.08. The number of hydrogen-bond donors (Lipinski definition) is 0. The molecular formula is C24H20O5. The zero-order valence-electron chi connectivity index (χ0n) is 16.2. The number of Topliss-reactive ketones (excluding diaryl/α,β-unsaturated/α-hetero) is 1. The van der Waals surface area contributed by atoms with Gasteiger partial charge in [-0.25, -0.2) is 4.79 Å². The molecule has 1 aliphatic rings. The molecular weight excluding hydrogens is 368 g/mol. The molecule has 0 bridgehead atoms. The van der Waals surface area contributed by atoms with Crippen molar-refractivity contribution in [2.45, 2.75) is 20.0 Å². The molecule has 3 aromatic carbocycles. The van der Waals surface area contributed by atoms with E-state index in [0.29, 0.717) is 28.2 Å². The second kappa shape index (κ2) is 7.80. The van der Waals surface area contributed by atoms with Crippen molar-refractivity contribution in [3.63, 3.8) is 0 Å². The Hall–Kier alpha value is -3.60. The fourth-order valence-electron chi connectivity index (χ4n) is 3.08. The van der Waals surface area contributed by atoms with Gasteiger partial charge < -0.3 is 14.2 Å². The summed E-state index contributed by atoms with van der Waals surface area (Å²) in [5, 5.41) is 0. The summed E-state index contributed by atoms with van der Waals surface area (Å²) in [5.74, 6) is 0.181. The molecule has 0 aliphatic carbocycles. The van der Waals surface area contributed by atoms with E-state index in [-0.39, 0.29) is 12.6 Å². The molecule has 1 unspecified atom stereocenters. The van der Waals surface area contributed by atoms with Crippen LogP contribution >= 0.6 is 0 Å². The second-order valence-electron chi connectivity index (χ2n) is 6.99. The van der Waals surface area contributed by atoms with Crippen molar-refractivity contribution in [2.24, 2.45) is 0 Å². The third kappa shape index (κ3) is 3.99. The zero-order chi connectivity index (χ0) is 20.4. The van der Waals surface area contributed by atoms with E-state index in [0.717, 1.165) is 11.1 Å². The molecule has 1 heterocycles. The monoisotopic (exact) mass is 388 g/mol. The molecule has 146 valence electrons. The van der Waals surface area contributed by atoms with Crippen LogP contribution in [-0.2, 0) is 4.74 Å². The van der Waals surface area contributed by atoms with Crippen molar-refractivity contribution in [1.29, 1.82) is 0 Å². The molecule has 0 N–H and O–H groups in total. The van der Waals surface area contributed by atoms with Crippen LogP contribution in [0.5, 0.6) is 11.5 Å².